The second kappa shape index (κ2) is 6.17. The maximum absolute atomic E-state index is 5.67. The summed E-state index contributed by atoms with van der Waals surface area (Å²) in [7, 11) is 1.68. The van der Waals surface area contributed by atoms with Gasteiger partial charge in [-0.25, -0.2) is 4.98 Å². The molecule has 0 saturated carbocycles. The molecule has 19 heavy (non-hydrogen) atoms. The van der Waals surface area contributed by atoms with Crippen LogP contribution < -0.4 is 10.5 Å². The summed E-state index contributed by atoms with van der Waals surface area (Å²) in [5, 5.41) is 1.09. The number of benzene rings is 1. The first-order valence-corrected chi connectivity index (χ1v) is 7.29. The molecule has 0 bridgehead atoms. The molecule has 0 aliphatic carbocycles. The van der Waals surface area contributed by atoms with Gasteiger partial charge in [0, 0.05) is 10.4 Å². The van der Waals surface area contributed by atoms with Gasteiger partial charge in [0.1, 0.15) is 5.75 Å². The Labute approximate surface area is 118 Å². The van der Waals surface area contributed by atoms with Crippen molar-refractivity contribution in [3.8, 4) is 17.0 Å². The van der Waals surface area contributed by atoms with Gasteiger partial charge >= 0.3 is 0 Å². The fourth-order valence-electron chi connectivity index (χ4n) is 2.14. The summed E-state index contributed by atoms with van der Waals surface area (Å²) >= 11 is 1.76. The van der Waals surface area contributed by atoms with Crippen LogP contribution in [0.25, 0.3) is 11.3 Å². The highest BCUT2D eigenvalue weighted by Gasteiger charge is 2.17. The van der Waals surface area contributed by atoms with Gasteiger partial charge in [0.05, 0.1) is 17.8 Å². The SMILES string of the molecule is COc1cccc(-c2nc(C)sc2C(C)CCN)c1. The Balaban J connectivity index is 2.43. The molecule has 102 valence electrons. The molecule has 1 aromatic carbocycles. The number of aryl methyl sites for hydroxylation is 1. The van der Waals surface area contributed by atoms with E-state index in [1.807, 2.05) is 25.1 Å². The van der Waals surface area contributed by atoms with Crippen molar-refractivity contribution in [1.82, 2.24) is 4.98 Å². The molecule has 0 saturated heterocycles. The molecule has 1 unspecified atom stereocenters. The molecule has 2 N–H and O–H groups in total. The fraction of sp³-hybridized carbons (Fsp3) is 0.400. The first kappa shape index (κ1) is 14.0. The van der Waals surface area contributed by atoms with E-state index in [-0.39, 0.29) is 0 Å². The van der Waals surface area contributed by atoms with E-state index in [1.54, 1.807) is 18.4 Å². The number of nitrogens with zero attached hydrogens (tertiary/aromatic N) is 1. The standard InChI is InChI=1S/C15H20N2OS/c1-10(7-8-16)15-14(17-11(2)19-15)12-5-4-6-13(9-12)18-3/h4-6,9-10H,7-8,16H2,1-3H3. The van der Waals surface area contributed by atoms with Gasteiger partial charge in [-0.1, -0.05) is 19.1 Å². The highest BCUT2D eigenvalue weighted by molar-refractivity contribution is 7.12. The number of ether oxygens (including phenoxy) is 1. The molecule has 0 aliphatic heterocycles. The number of hydrogen-bond donors (Lipinski definition) is 1. The first-order chi connectivity index (χ1) is 9.15. The Morgan fingerprint density at radius 1 is 1.42 bits per heavy atom. The van der Waals surface area contributed by atoms with Crippen molar-refractivity contribution >= 4 is 11.3 Å². The Morgan fingerprint density at radius 3 is 2.89 bits per heavy atom. The monoisotopic (exact) mass is 276 g/mol. The first-order valence-electron chi connectivity index (χ1n) is 6.47. The van der Waals surface area contributed by atoms with Gasteiger partial charge in [0.2, 0.25) is 0 Å². The summed E-state index contributed by atoms with van der Waals surface area (Å²) in [6, 6.07) is 8.06. The van der Waals surface area contributed by atoms with E-state index < -0.39 is 0 Å². The third kappa shape index (κ3) is 3.14. The molecule has 0 radical (unpaired) electrons. The van der Waals surface area contributed by atoms with E-state index in [0.717, 1.165) is 28.4 Å². The Hall–Kier alpha value is -1.39. The summed E-state index contributed by atoms with van der Waals surface area (Å²) in [4.78, 5) is 6.00. The largest absolute Gasteiger partial charge is 0.497 e. The normalized spacial score (nSPS) is 12.4. The molecule has 0 fully saturated rings. The molecule has 1 heterocycles. The minimum absolute atomic E-state index is 0.442. The molecule has 4 heteroatoms. The number of nitrogens with two attached hydrogens (primary N) is 1. The topological polar surface area (TPSA) is 48.1 Å². The van der Waals surface area contributed by atoms with E-state index in [0.29, 0.717) is 12.5 Å². The van der Waals surface area contributed by atoms with Crippen LogP contribution in [-0.4, -0.2) is 18.6 Å². The Bertz CT molecular complexity index is 551. The van der Waals surface area contributed by atoms with Gasteiger partial charge in [-0.2, -0.15) is 0 Å². The predicted octanol–water partition coefficient (Wildman–Crippen LogP) is 3.58. The molecule has 3 nitrogen and oxygen atoms in total. The van der Waals surface area contributed by atoms with Crippen molar-refractivity contribution in [1.29, 1.82) is 0 Å². The van der Waals surface area contributed by atoms with Crippen LogP contribution in [0.2, 0.25) is 0 Å². The minimum Gasteiger partial charge on any atom is -0.497 e. The van der Waals surface area contributed by atoms with Crippen LogP contribution in [0.15, 0.2) is 24.3 Å². The summed E-state index contributed by atoms with van der Waals surface area (Å²) in [5.41, 5.74) is 7.86. The van der Waals surface area contributed by atoms with Crippen molar-refractivity contribution in [2.45, 2.75) is 26.2 Å². The fourth-order valence-corrected chi connectivity index (χ4v) is 3.17. The van der Waals surface area contributed by atoms with Crippen LogP contribution in [0.1, 0.15) is 29.1 Å². The molecule has 1 atom stereocenters. The number of methoxy groups -OCH3 is 1. The lowest BCUT2D eigenvalue weighted by Crippen LogP contribution is -2.04. The average molecular weight is 276 g/mol. The Kier molecular flexibility index (Phi) is 4.56. The van der Waals surface area contributed by atoms with Crippen molar-refractivity contribution in [3.63, 3.8) is 0 Å². The number of hydrogen-bond acceptors (Lipinski definition) is 4. The summed E-state index contributed by atoms with van der Waals surface area (Å²) in [6.07, 6.45) is 0.985. The maximum atomic E-state index is 5.67. The minimum atomic E-state index is 0.442. The lowest BCUT2D eigenvalue weighted by Gasteiger charge is -2.10. The van der Waals surface area contributed by atoms with Gasteiger partial charge in [-0.05, 0) is 37.9 Å². The smallest absolute Gasteiger partial charge is 0.119 e. The second-order valence-corrected chi connectivity index (χ2v) is 5.89. The van der Waals surface area contributed by atoms with Crippen molar-refractivity contribution in [2.24, 2.45) is 5.73 Å². The van der Waals surface area contributed by atoms with Crippen molar-refractivity contribution < 1.29 is 4.74 Å². The van der Waals surface area contributed by atoms with Gasteiger partial charge < -0.3 is 10.5 Å². The van der Waals surface area contributed by atoms with E-state index in [4.69, 9.17) is 10.5 Å². The Morgan fingerprint density at radius 2 is 2.21 bits per heavy atom. The lowest BCUT2D eigenvalue weighted by atomic mass is 10.0. The molecular weight excluding hydrogens is 256 g/mol. The average Bonchev–Trinajstić information content (AvgIpc) is 2.81. The zero-order valence-corrected chi connectivity index (χ0v) is 12.5. The van der Waals surface area contributed by atoms with E-state index in [1.165, 1.54) is 4.88 Å². The summed E-state index contributed by atoms with van der Waals surface area (Å²) < 4.78 is 5.29. The number of aromatic nitrogens is 1. The second-order valence-electron chi connectivity index (χ2n) is 4.66. The van der Waals surface area contributed by atoms with Gasteiger partial charge in [0.25, 0.3) is 0 Å². The number of rotatable bonds is 5. The zero-order valence-electron chi connectivity index (χ0n) is 11.6. The zero-order chi connectivity index (χ0) is 13.8. The van der Waals surface area contributed by atoms with Crippen molar-refractivity contribution in [3.05, 3.63) is 34.2 Å². The number of thiazole rings is 1. The molecule has 0 amide bonds. The van der Waals surface area contributed by atoms with Gasteiger partial charge in [-0.3, -0.25) is 0 Å². The van der Waals surface area contributed by atoms with E-state index in [9.17, 15) is 0 Å². The van der Waals surface area contributed by atoms with Crippen LogP contribution in [0, 0.1) is 6.92 Å². The van der Waals surface area contributed by atoms with E-state index >= 15 is 0 Å². The predicted molar refractivity (Wildman–Crippen MR) is 80.9 cm³/mol. The van der Waals surface area contributed by atoms with Crippen LogP contribution >= 0.6 is 11.3 Å². The summed E-state index contributed by atoms with van der Waals surface area (Å²) in [6.45, 7) is 4.96. The van der Waals surface area contributed by atoms with Crippen molar-refractivity contribution in [2.75, 3.05) is 13.7 Å². The van der Waals surface area contributed by atoms with Gasteiger partial charge in [0.15, 0.2) is 0 Å². The quantitative estimate of drug-likeness (QED) is 0.908. The molecule has 0 aliphatic rings. The van der Waals surface area contributed by atoms with E-state index in [2.05, 4.69) is 18.0 Å². The highest BCUT2D eigenvalue weighted by Crippen LogP contribution is 2.36. The molecular formula is C15H20N2OS. The maximum Gasteiger partial charge on any atom is 0.119 e. The lowest BCUT2D eigenvalue weighted by molar-refractivity contribution is 0.415. The highest BCUT2D eigenvalue weighted by atomic mass is 32.1. The molecule has 2 aromatic rings. The van der Waals surface area contributed by atoms with Gasteiger partial charge in [-0.15, -0.1) is 11.3 Å². The third-order valence-corrected chi connectivity index (χ3v) is 4.35. The molecule has 2 rings (SSSR count). The third-order valence-electron chi connectivity index (χ3n) is 3.15. The van der Waals surface area contributed by atoms with Crippen LogP contribution in [-0.2, 0) is 0 Å². The summed E-state index contributed by atoms with van der Waals surface area (Å²) in [5.74, 6) is 1.30. The molecule has 1 aromatic heterocycles. The van der Waals surface area contributed by atoms with Crippen LogP contribution in [0.4, 0.5) is 0 Å². The molecule has 0 spiro atoms. The van der Waals surface area contributed by atoms with Crippen LogP contribution in [0.3, 0.4) is 0 Å². The van der Waals surface area contributed by atoms with Crippen LogP contribution in [0.5, 0.6) is 5.75 Å².